The first kappa shape index (κ1) is 17.9. The predicted octanol–water partition coefficient (Wildman–Crippen LogP) is 1.68. The van der Waals surface area contributed by atoms with Crippen LogP contribution in [0.3, 0.4) is 0 Å². The van der Waals surface area contributed by atoms with Gasteiger partial charge in [-0.2, -0.15) is 15.4 Å². The molecule has 8 heteroatoms. The van der Waals surface area contributed by atoms with E-state index in [2.05, 4.69) is 15.4 Å². The van der Waals surface area contributed by atoms with Gasteiger partial charge in [0.15, 0.2) is 5.60 Å². The molecular weight excluding hydrogens is 336 g/mol. The quantitative estimate of drug-likeness (QED) is 0.813. The van der Waals surface area contributed by atoms with Crippen molar-refractivity contribution >= 4 is 11.9 Å². The molecule has 2 unspecified atom stereocenters. The zero-order chi connectivity index (χ0) is 18.7. The van der Waals surface area contributed by atoms with Crippen LogP contribution in [-0.4, -0.2) is 56.0 Å². The first-order valence-corrected chi connectivity index (χ1v) is 8.47. The van der Waals surface area contributed by atoms with E-state index in [1.165, 1.54) is 0 Å². The number of carbonyl (C=O) groups excluding carboxylic acids is 1. The lowest BCUT2D eigenvalue weighted by Crippen LogP contribution is -2.48. The molecule has 0 bridgehead atoms. The molecule has 1 aliphatic rings. The van der Waals surface area contributed by atoms with Gasteiger partial charge in [-0.25, -0.2) is 0 Å². The van der Waals surface area contributed by atoms with Crippen molar-refractivity contribution in [3.63, 3.8) is 0 Å². The number of rotatable bonds is 6. The lowest BCUT2D eigenvalue weighted by Gasteiger charge is -2.30. The molecule has 1 aromatic heterocycles. The average molecular weight is 358 g/mol. The fourth-order valence-electron chi connectivity index (χ4n) is 3.40. The van der Waals surface area contributed by atoms with Crippen LogP contribution in [0.25, 0.3) is 0 Å². The fourth-order valence-corrected chi connectivity index (χ4v) is 3.40. The van der Waals surface area contributed by atoms with Gasteiger partial charge >= 0.3 is 5.97 Å². The maximum absolute atomic E-state index is 13.0. The van der Waals surface area contributed by atoms with Gasteiger partial charge in [0.25, 0.3) is 5.91 Å². The molecule has 2 atom stereocenters. The SMILES string of the molecule is CC(C)(Oc1ccccc1)C(=O)N1CC(CC(=O)O)C(c2cn[nH]n2)C1. The van der Waals surface area contributed by atoms with Gasteiger partial charge in [0.2, 0.25) is 0 Å². The first-order valence-electron chi connectivity index (χ1n) is 8.47. The molecule has 0 saturated carbocycles. The maximum atomic E-state index is 13.0. The minimum atomic E-state index is -1.06. The third-order valence-corrected chi connectivity index (χ3v) is 4.61. The molecule has 0 aliphatic carbocycles. The van der Waals surface area contributed by atoms with Crippen molar-refractivity contribution in [3.8, 4) is 5.75 Å². The van der Waals surface area contributed by atoms with E-state index < -0.39 is 11.6 Å². The number of para-hydroxylation sites is 1. The molecule has 1 aromatic carbocycles. The van der Waals surface area contributed by atoms with Gasteiger partial charge in [-0.3, -0.25) is 9.59 Å². The van der Waals surface area contributed by atoms with Crippen LogP contribution in [0.4, 0.5) is 0 Å². The van der Waals surface area contributed by atoms with Crippen LogP contribution in [0.15, 0.2) is 36.5 Å². The second-order valence-corrected chi connectivity index (χ2v) is 6.99. The van der Waals surface area contributed by atoms with Crippen LogP contribution in [0.2, 0.25) is 0 Å². The Morgan fingerprint density at radius 1 is 1.31 bits per heavy atom. The molecule has 138 valence electrons. The Morgan fingerprint density at radius 3 is 2.65 bits per heavy atom. The molecule has 2 N–H and O–H groups in total. The highest BCUT2D eigenvalue weighted by atomic mass is 16.5. The topological polar surface area (TPSA) is 108 Å². The Bertz CT molecular complexity index is 761. The van der Waals surface area contributed by atoms with E-state index in [-0.39, 0.29) is 24.2 Å². The Morgan fingerprint density at radius 2 is 2.04 bits per heavy atom. The van der Waals surface area contributed by atoms with Crippen molar-refractivity contribution in [1.29, 1.82) is 0 Å². The molecule has 0 spiro atoms. The molecule has 1 amide bonds. The van der Waals surface area contributed by atoms with E-state index in [4.69, 9.17) is 4.74 Å². The number of carboxylic acids is 1. The number of ether oxygens (including phenoxy) is 1. The predicted molar refractivity (Wildman–Crippen MR) is 92.6 cm³/mol. The maximum Gasteiger partial charge on any atom is 0.303 e. The van der Waals surface area contributed by atoms with Crippen molar-refractivity contribution in [2.24, 2.45) is 5.92 Å². The molecule has 2 heterocycles. The highest BCUT2D eigenvalue weighted by Crippen LogP contribution is 2.35. The van der Waals surface area contributed by atoms with E-state index in [1.807, 2.05) is 18.2 Å². The van der Waals surface area contributed by atoms with Crippen LogP contribution in [0, 0.1) is 5.92 Å². The number of likely N-dealkylation sites (tertiary alicyclic amines) is 1. The summed E-state index contributed by atoms with van der Waals surface area (Å²) in [6, 6.07) is 9.15. The molecule has 1 fully saturated rings. The third kappa shape index (κ3) is 3.84. The van der Waals surface area contributed by atoms with Gasteiger partial charge in [0.1, 0.15) is 5.75 Å². The second-order valence-electron chi connectivity index (χ2n) is 6.99. The summed E-state index contributed by atoms with van der Waals surface area (Å²) < 4.78 is 5.88. The molecular formula is C18H22N4O4. The standard InChI is InChI=1S/C18H22N4O4/c1-18(2,26-13-6-4-3-5-7-13)17(25)22-10-12(8-16(23)24)14(11-22)15-9-19-21-20-15/h3-7,9,12,14H,8,10-11H2,1-2H3,(H,23,24)(H,19,20,21). The molecule has 1 aliphatic heterocycles. The van der Waals surface area contributed by atoms with E-state index in [9.17, 15) is 14.7 Å². The first-order chi connectivity index (χ1) is 12.4. The van der Waals surface area contributed by atoms with E-state index in [1.54, 1.807) is 37.1 Å². The fraction of sp³-hybridized carbons (Fsp3) is 0.444. The Labute approximate surface area is 151 Å². The number of nitrogens with zero attached hydrogens (tertiary/aromatic N) is 3. The summed E-state index contributed by atoms with van der Waals surface area (Å²) in [5, 5.41) is 19.6. The smallest absolute Gasteiger partial charge is 0.303 e. The summed E-state index contributed by atoms with van der Waals surface area (Å²) in [4.78, 5) is 25.9. The van der Waals surface area contributed by atoms with Gasteiger partial charge in [-0.05, 0) is 31.9 Å². The number of aromatic nitrogens is 3. The molecule has 2 aromatic rings. The number of amides is 1. The molecule has 3 rings (SSSR count). The van der Waals surface area contributed by atoms with Gasteiger partial charge in [-0.1, -0.05) is 18.2 Å². The largest absolute Gasteiger partial charge is 0.481 e. The zero-order valence-corrected chi connectivity index (χ0v) is 14.8. The highest BCUT2D eigenvalue weighted by molar-refractivity contribution is 5.85. The Hall–Kier alpha value is -2.90. The summed E-state index contributed by atoms with van der Waals surface area (Å²) in [6.45, 7) is 4.19. The number of nitrogens with one attached hydrogen (secondary N) is 1. The van der Waals surface area contributed by atoms with Crippen LogP contribution >= 0.6 is 0 Å². The number of hydrogen-bond acceptors (Lipinski definition) is 5. The average Bonchev–Trinajstić information content (AvgIpc) is 3.23. The van der Waals surface area contributed by atoms with Crippen molar-refractivity contribution in [2.45, 2.75) is 31.8 Å². The molecule has 0 radical (unpaired) electrons. The number of H-pyrrole nitrogens is 1. The summed E-state index contributed by atoms with van der Waals surface area (Å²) in [7, 11) is 0. The summed E-state index contributed by atoms with van der Waals surface area (Å²) >= 11 is 0. The van der Waals surface area contributed by atoms with Gasteiger partial charge < -0.3 is 14.7 Å². The van der Waals surface area contributed by atoms with Crippen molar-refractivity contribution in [1.82, 2.24) is 20.3 Å². The van der Waals surface area contributed by atoms with Crippen LogP contribution in [0.5, 0.6) is 5.75 Å². The monoisotopic (exact) mass is 358 g/mol. The van der Waals surface area contributed by atoms with Gasteiger partial charge in [0, 0.05) is 19.0 Å². The van der Waals surface area contributed by atoms with Crippen molar-refractivity contribution in [2.75, 3.05) is 13.1 Å². The lowest BCUT2D eigenvalue weighted by atomic mass is 9.91. The summed E-state index contributed by atoms with van der Waals surface area (Å²) in [6.07, 6.45) is 1.56. The molecule has 8 nitrogen and oxygen atoms in total. The Kier molecular flexibility index (Phi) is 4.92. The molecule has 1 saturated heterocycles. The number of hydrogen-bond donors (Lipinski definition) is 2. The van der Waals surface area contributed by atoms with E-state index >= 15 is 0 Å². The highest BCUT2D eigenvalue weighted by Gasteiger charge is 2.43. The van der Waals surface area contributed by atoms with Crippen molar-refractivity contribution < 1.29 is 19.4 Å². The van der Waals surface area contributed by atoms with Gasteiger partial charge in [-0.15, -0.1) is 0 Å². The number of carbonyl (C=O) groups is 2. The zero-order valence-electron chi connectivity index (χ0n) is 14.8. The summed E-state index contributed by atoms with van der Waals surface area (Å²) in [5.74, 6) is -0.837. The number of carboxylic acid groups (broad SMARTS) is 1. The van der Waals surface area contributed by atoms with Crippen LogP contribution in [-0.2, 0) is 9.59 Å². The minimum absolute atomic E-state index is 0.0265. The second kappa shape index (κ2) is 7.15. The number of aliphatic carboxylic acids is 1. The van der Waals surface area contributed by atoms with Gasteiger partial charge in [0.05, 0.1) is 18.3 Å². The third-order valence-electron chi connectivity index (χ3n) is 4.61. The van der Waals surface area contributed by atoms with Crippen molar-refractivity contribution in [3.05, 3.63) is 42.2 Å². The van der Waals surface area contributed by atoms with E-state index in [0.717, 1.165) is 0 Å². The Balaban J connectivity index is 1.75. The van der Waals surface area contributed by atoms with E-state index in [0.29, 0.717) is 24.5 Å². The number of benzene rings is 1. The number of aromatic amines is 1. The minimum Gasteiger partial charge on any atom is -0.481 e. The normalized spacial score (nSPS) is 20.2. The van der Waals surface area contributed by atoms with Crippen LogP contribution in [0.1, 0.15) is 31.9 Å². The van der Waals surface area contributed by atoms with Crippen LogP contribution < -0.4 is 4.74 Å². The summed E-state index contributed by atoms with van der Waals surface area (Å²) in [5.41, 5.74) is -0.387. The molecule has 26 heavy (non-hydrogen) atoms. The lowest BCUT2D eigenvalue weighted by molar-refractivity contribution is -0.145.